The van der Waals surface area contributed by atoms with Gasteiger partial charge in [0.15, 0.2) is 0 Å². The van der Waals surface area contributed by atoms with Crippen molar-refractivity contribution in [2.24, 2.45) is 0 Å². The zero-order chi connectivity index (χ0) is 15.5. The first kappa shape index (κ1) is 14.3. The predicted molar refractivity (Wildman–Crippen MR) is 79.1 cm³/mol. The Bertz CT molecular complexity index is 834. The normalized spacial score (nSPS) is 12.0. The number of methoxy groups -OCH3 is 1. The fourth-order valence-electron chi connectivity index (χ4n) is 2.09. The molecule has 0 aliphatic heterocycles. The van der Waals surface area contributed by atoms with Crippen molar-refractivity contribution in [3.05, 3.63) is 58.5 Å². The number of aromatic nitrogens is 3. The van der Waals surface area contributed by atoms with Gasteiger partial charge in [-0.25, -0.2) is 0 Å². The van der Waals surface area contributed by atoms with Gasteiger partial charge in [0.1, 0.15) is 17.9 Å². The van der Waals surface area contributed by atoms with E-state index in [-0.39, 0.29) is 0 Å². The number of nitrogens with one attached hydrogen (secondary N) is 1. The molecule has 2 aromatic heterocycles. The smallest absolute Gasteiger partial charge is 0.274 e. The van der Waals surface area contributed by atoms with E-state index in [1.807, 2.05) is 18.2 Å². The molecule has 0 saturated heterocycles. The SMILES string of the molecule is COC(c1cccc(Cl)c1)c1noc(-c2cc(C#N)c[nH]2)n1. The zero-order valence-electron chi connectivity index (χ0n) is 11.6. The maximum atomic E-state index is 8.83. The van der Waals surface area contributed by atoms with Crippen molar-refractivity contribution in [2.45, 2.75) is 6.10 Å². The topological polar surface area (TPSA) is 87.7 Å². The average molecular weight is 315 g/mol. The highest BCUT2D eigenvalue weighted by molar-refractivity contribution is 6.30. The number of benzene rings is 1. The van der Waals surface area contributed by atoms with Crippen LogP contribution in [0.15, 0.2) is 41.1 Å². The highest BCUT2D eigenvalue weighted by Gasteiger charge is 2.21. The van der Waals surface area contributed by atoms with Gasteiger partial charge in [0.25, 0.3) is 5.89 Å². The van der Waals surface area contributed by atoms with Crippen molar-refractivity contribution < 1.29 is 9.26 Å². The summed E-state index contributed by atoms with van der Waals surface area (Å²) < 4.78 is 10.7. The van der Waals surface area contributed by atoms with Crippen molar-refractivity contribution in [3.63, 3.8) is 0 Å². The number of rotatable bonds is 4. The van der Waals surface area contributed by atoms with Gasteiger partial charge in [0.05, 0.1) is 5.56 Å². The molecule has 1 N–H and O–H groups in total. The first-order valence-corrected chi connectivity index (χ1v) is 6.80. The van der Waals surface area contributed by atoms with E-state index < -0.39 is 6.10 Å². The van der Waals surface area contributed by atoms with Gasteiger partial charge in [-0.1, -0.05) is 28.9 Å². The monoisotopic (exact) mass is 314 g/mol. The summed E-state index contributed by atoms with van der Waals surface area (Å²) in [5.41, 5.74) is 1.90. The van der Waals surface area contributed by atoms with Crippen LogP contribution in [-0.2, 0) is 4.74 Å². The number of aromatic amines is 1. The van der Waals surface area contributed by atoms with Gasteiger partial charge < -0.3 is 14.2 Å². The van der Waals surface area contributed by atoms with E-state index in [2.05, 4.69) is 15.1 Å². The van der Waals surface area contributed by atoms with Gasteiger partial charge in [-0.15, -0.1) is 0 Å². The van der Waals surface area contributed by atoms with Crippen LogP contribution in [0.3, 0.4) is 0 Å². The van der Waals surface area contributed by atoms with Gasteiger partial charge in [0.2, 0.25) is 5.82 Å². The van der Waals surface area contributed by atoms with Crippen molar-refractivity contribution in [2.75, 3.05) is 7.11 Å². The lowest BCUT2D eigenvalue weighted by Gasteiger charge is -2.11. The summed E-state index contributed by atoms with van der Waals surface area (Å²) in [7, 11) is 1.56. The number of hydrogen-bond acceptors (Lipinski definition) is 5. The Morgan fingerprint density at radius 1 is 1.41 bits per heavy atom. The van der Waals surface area contributed by atoms with Crippen LogP contribution >= 0.6 is 11.6 Å². The van der Waals surface area contributed by atoms with Crippen molar-refractivity contribution in [3.8, 4) is 17.7 Å². The maximum absolute atomic E-state index is 8.83. The number of ether oxygens (including phenoxy) is 1. The van der Waals surface area contributed by atoms with Crippen LogP contribution in [0.5, 0.6) is 0 Å². The lowest BCUT2D eigenvalue weighted by Crippen LogP contribution is -2.05. The second-order valence-corrected chi connectivity index (χ2v) is 4.98. The second-order valence-electron chi connectivity index (χ2n) is 4.54. The molecule has 22 heavy (non-hydrogen) atoms. The molecule has 110 valence electrons. The van der Waals surface area contributed by atoms with Gasteiger partial charge in [-0.3, -0.25) is 0 Å². The molecule has 1 aromatic carbocycles. The van der Waals surface area contributed by atoms with E-state index >= 15 is 0 Å². The Morgan fingerprint density at radius 2 is 2.27 bits per heavy atom. The molecule has 0 fully saturated rings. The van der Waals surface area contributed by atoms with Crippen molar-refractivity contribution >= 4 is 11.6 Å². The molecule has 1 unspecified atom stereocenters. The van der Waals surface area contributed by atoms with Crippen LogP contribution in [-0.4, -0.2) is 22.2 Å². The molecular formula is C15H11ClN4O2. The van der Waals surface area contributed by atoms with Crippen LogP contribution in [0, 0.1) is 11.3 Å². The highest BCUT2D eigenvalue weighted by Crippen LogP contribution is 2.27. The molecule has 0 bridgehead atoms. The van der Waals surface area contributed by atoms with Crippen LogP contribution in [0.1, 0.15) is 23.1 Å². The molecule has 0 amide bonds. The number of halogens is 1. The molecule has 6 nitrogen and oxygen atoms in total. The number of H-pyrrole nitrogens is 1. The number of hydrogen-bond donors (Lipinski definition) is 1. The van der Waals surface area contributed by atoms with Gasteiger partial charge in [-0.05, 0) is 23.8 Å². The molecule has 0 radical (unpaired) electrons. The molecule has 0 saturated carbocycles. The largest absolute Gasteiger partial charge is 0.369 e. The molecule has 2 heterocycles. The summed E-state index contributed by atoms with van der Waals surface area (Å²) in [5, 5.41) is 13.4. The molecule has 0 spiro atoms. The summed E-state index contributed by atoms with van der Waals surface area (Å²) in [4.78, 5) is 7.23. The van der Waals surface area contributed by atoms with Crippen LogP contribution in [0.4, 0.5) is 0 Å². The van der Waals surface area contributed by atoms with E-state index in [1.165, 1.54) is 0 Å². The summed E-state index contributed by atoms with van der Waals surface area (Å²) in [6, 6.07) is 10.9. The standard InChI is InChI=1S/C15H11ClN4O2/c1-21-13(10-3-2-4-11(16)6-10)14-19-15(22-20-14)12-5-9(7-17)8-18-12/h2-6,8,13,18H,1H3. The third-order valence-corrected chi connectivity index (χ3v) is 3.34. The lowest BCUT2D eigenvalue weighted by atomic mass is 10.1. The lowest BCUT2D eigenvalue weighted by molar-refractivity contribution is 0.126. The van der Waals surface area contributed by atoms with Crippen LogP contribution in [0.2, 0.25) is 5.02 Å². The van der Waals surface area contributed by atoms with E-state index in [1.54, 1.807) is 31.5 Å². The first-order chi connectivity index (χ1) is 10.7. The minimum atomic E-state index is -0.485. The Labute approximate surface area is 131 Å². The van der Waals surface area contributed by atoms with Crippen molar-refractivity contribution in [1.29, 1.82) is 5.26 Å². The third kappa shape index (κ3) is 2.72. The quantitative estimate of drug-likeness (QED) is 0.798. The summed E-state index contributed by atoms with van der Waals surface area (Å²) >= 11 is 6.00. The molecule has 0 aliphatic rings. The van der Waals surface area contributed by atoms with Gasteiger partial charge >= 0.3 is 0 Å². The summed E-state index contributed by atoms with van der Waals surface area (Å²) in [6.45, 7) is 0. The van der Waals surface area contributed by atoms with E-state index in [0.29, 0.717) is 28.0 Å². The average Bonchev–Trinajstić information content (AvgIpc) is 3.17. The maximum Gasteiger partial charge on any atom is 0.274 e. The van der Waals surface area contributed by atoms with Crippen LogP contribution in [0.25, 0.3) is 11.6 Å². The van der Waals surface area contributed by atoms with E-state index in [4.69, 9.17) is 26.1 Å². The Kier molecular flexibility index (Phi) is 3.92. The van der Waals surface area contributed by atoms with Gasteiger partial charge in [-0.2, -0.15) is 10.2 Å². The third-order valence-electron chi connectivity index (χ3n) is 3.11. The fraction of sp³-hybridized carbons (Fsp3) is 0.133. The molecule has 7 heteroatoms. The summed E-state index contributed by atoms with van der Waals surface area (Å²) in [5.74, 6) is 0.674. The Balaban J connectivity index is 1.93. The fourth-order valence-corrected chi connectivity index (χ4v) is 2.29. The first-order valence-electron chi connectivity index (χ1n) is 6.42. The van der Waals surface area contributed by atoms with Crippen molar-refractivity contribution in [1.82, 2.24) is 15.1 Å². The minimum Gasteiger partial charge on any atom is -0.369 e. The second kappa shape index (κ2) is 6.02. The molecule has 3 rings (SSSR count). The minimum absolute atomic E-state index is 0.292. The highest BCUT2D eigenvalue weighted by atomic mass is 35.5. The Morgan fingerprint density at radius 3 is 2.95 bits per heavy atom. The van der Waals surface area contributed by atoms with Gasteiger partial charge in [0, 0.05) is 18.3 Å². The Hall–Kier alpha value is -2.62. The zero-order valence-corrected chi connectivity index (χ0v) is 12.3. The predicted octanol–water partition coefficient (Wildman–Crippen LogP) is 3.33. The molecular weight excluding hydrogens is 304 g/mol. The van der Waals surface area contributed by atoms with E-state index in [9.17, 15) is 0 Å². The molecule has 3 aromatic rings. The molecule has 0 aliphatic carbocycles. The molecule has 1 atom stereocenters. The van der Waals surface area contributed by atoms with E-state index in [0.717, 1.165) is 5.56 Å². The number of nitrogens with zero attached hydrogens (tertiary/aromatic N) is 3. The number of nitriles is 1. The van der Waals surface area contributed by atoms with Crippen LogP contribution < -0.4 is 0 Å². The summed E-state index contributed by atoms with van der Waals surface area (Å²) in [6.07, 6.45) is 1.09.